The zero-order valence-corrected chi connectivity index (χ0v) is 18.0. The Hall–Kier alpha value is -2.92. The Kier molecular flexibility index (Phi) is 6.29. The Morgan fingerprint density at radius 3 is 2.40 bits per heavy atom. The summed E-state index contributed by atoms with van der Waals surface area (Å²) < 4.78 is 1.90. The van der Waals surface area contributed by atoms with Crippen LogP contribution in [0.3, 0.4) is 0 Å². The van der Waals surface area contributed by atoms with E-state index in [1.807, 2.05) is 34.0 Å². The third-order valence-corrected chi connectivity index (χ3v) is 5.87. The van der Waals surface area contributed by atoms with Gasteiger partial charge in [-0.15, -0.1) is 0 Å². The highest BCUT2D eigenvalue weighted by Gasteiger charge is 2.27. The summed E-state index contributed by atoms with van der Waals surface area (Å²) in [5, 5.41) is 4.83. The first-order chi connectivity index (χ1) is 14.6. The number of hydrogen-bond donors (Lipinski definition) is 1. The molecule has 1 aliphatic rings. The molecule has 1 amide bonds. The van der Waals surface area contributed by atoms with E-state index in [2.05, 4.69) is 50.2 Å². The molecule has 0 bridgehead atoms. The molecule has 0 aliphatic carbocycles. The van der Waals surface area contributed by atoms with Gasteiger partial charge in [-0.2, -0.15) is 5.10 Å². The maximum atomic E-state index is 13.5. The minimum absolute atomic E-state index is 0.0976. The molecule has 1 N–H and O–H groups in total. The van der Waals surface area contributed by atoms with Gasteiger partial charge in [0, 0.05) is 11.8 Å². The van der Waals surface area contributed by atoms with Crippen molar-refractivity contribution in [1.82, 2.24) is 14.7 Å². The van der Waals surface area contributed by atoms with Crippen LogP contribution >= 0.6 is 0 Å². The van der Waals surface area contributed by atoms with Crippen molar-refractivity contribution in [3.8, 4) is 11.3 Å². The number of aryl methyl sites for hydroxylation is 1. The summed E-state index contributed by atoms with van der Waals surface area (Å²) in [6, 6.07) is 18.5. The largest absolute Gasteiger partial charge is 0.332 e. The fraction of sp³-hybridized carbons (Fsp3) is 0.360. The average Bonchev–Trinajstić information content (AvgIpc) is 3.19. The molecule has 1 fully saturated rings. The van der Waals surface area contributed by atoms with Gasteiger partial charge < -0.3 is 9.80 Å². The molecule has 0 saturated carbocycles. The van der Waals surface area contributed by atoms with Gasteiger partial charge >= 0.3 is 0 Å². The molecule has 4 rings (SSSR count). The molecule has 1 aromatic heterocycles. The first-order valence-corrected chi connectivity index (χ1v) is 11.0. The van der Waals surface area contributed by atoms with Gasteiger partial charge in [0.05, 0.1) is 44.8 Å². The quantitative estimate of drug-likeness (QED) is 0.688. The van der Waals surface area contributed by atoms with Crippen molar-refractivity contribution in [3.63, 3.8) is 0 Å². The number of amides is 1. The summed E-state index contributed by atoms with van der Waals surface area (Å²) in [4.78, 5) is 17.1. The highest BCUT2D eigenvalue weighted by atomic mass is 16.2. The van der Waals surface area contributed by atoms with Crippen LogP contribution in [0.15, 0.2) is 60.8 Å². The molecule has 30 heavy (non-hydrogen) atoms. The normalized spacial score (nSPS) is 14.8. The third kappa shape index (κ3) is 4.62. The average molecular weight is 404 g/mol. The number of carbonyl (C=O) groups is 1. The lowest BCUT2D eigenvalue weighted by Gasteiger charge is -2.32. The molecule has 0 radical (unpaired) electrons. The van der Waals surface area contributed by atoms with Crippen molar-refractivity contribution >= 4 is 5.91 Å². The summed E-state index contributed by atoms with van der Waals surface area (Å²) in [5.41, 5.74) is 4.84. The smallest absolute Gasteiger partial charge is 0.258 e. The second-order valence-electron chi connectivity index (χ2n) is 8.23. The van der Waals surface area contributed by atoms with Gasteiger partial charge in [0.1, 0.15) is 5.69 Å². The first-order valence-electron chi connectivity index (χ1n) is 11.0. The number of nitrogens with one attached hydrogen (secondary N) is 1. The van der Waals surface area contributed by atoms with Crippen molar-refractivity contribution in [2.24, 2.45) is 0 Å². The van der Waals surface area contributed by atoms with Crippen molar-refractivity contribution in [3.05, 3.63) is 77.5 Å². The lowest BCUT2D eigenvalue weighted by Crippen LogP contribution is -3.14. The Balaban J connectivity index is 1.61. The topological polar surface area (TPSA) is 42.6 Å². The van der Waals surface area contributed by atoms with Crippen LogP contribution in [0.5, 0.6) is 0 Å². The van der Waals surface area contributed by atoms with Gasteiger partial charge in [-0.05, 0) is 18.9 Å². The summed E-state index contributed by atoms with van der Waals surface area (Å²) >= 11 is 0. The molecule has 1 saturated heterocycles. The van der Waals surface area contributed by atoms with E-state index < -0.39 is 0 Å². The SMILES string of the molecule is CCC[NH+]1CCN(C(=O)c2cn(Cc3ccccc3)nc2-c2ccc(C)cc2)CC1. The summed E-state index contributed by atoms with van der Waals surface area (Å²) in [7, 11) is 0. The van der Waals surface area contributed by atoms with Crippen molar-refractivity contribution in [2.45, 2.75) is 26.8 Å². The number of nitrogens with zero attached hydrogens (tertiary/aromatic N) is 3. The zero-order valence-electron chi connectivity index (χ0n) is 18.0. The minimum atomic E-state index is 0.0976. The second kappa shape index (κ2) is 9.26. The molecular weight excluding hydrogens is 372 g/mol. The molecule has 1 aliphatic heterocycles. The van der Waals surface area contributed by atoms with Crippen LogP contribution in [0.4, 0.5) is 0 Å². The number of piperazine rings is 1. The van der Waals surface area contributed by atoms with E-state index in [4.69, 9.17) is 5.10 Å². The summed E-state index contributed by atoms with van der Waals surface area (Å²) in [6.07, 6.45) is 3.11. The van der Waals surface area contributed by atoms with Crippen LogP contribution in [-0.4, -0.2) is 53.3 Å². The molecule has 5 nitrogen and oxygen atoms in total. The minimum Gasteiger partial charge on any atom is -0.332 e. The second-order valence-corrected chi connectivity index (χ2v) is 8.23. The number of benzene rings is 2. The summed E-state index contributed by atoms with van der Waals surface area (Å²) in [5.74, 6) is 0.0976. The van der Waals surface area contributed by atoms with Crippen molar-refractivity contribution in [2.75, 3.05) is 32.7 Å². The molecule has 0 spiro atoms. The van der Waals surface area contributed by atoms with E-state index in [1.165, 1.54) is 24.1 Å². The number of quaternary nitrogens is 1. The number of hydrogen-bond acceptors (Lipinski definition) is 2. The number of carbonyl (C=O) groups excluding carboxylic acids is 1. The number of aromatic nitrogens is 2. The Bertz CT molecular complexity index is 970. The maximum absolute atomic E-state index is 13.5. The molecule has 0 atom stereocenters. The predicted molar refractivity (Wildman–Crippen MR) is 120 cm³/mol. The molecule has 156 valence electrons. The fourth-order valence-electron chi connectivity index (χ4n) is 4.15. The van der Waals surface area contributed by atoms with Crippen molar-refractivity contribution in [1.29, 1.82) is 0 Å². The van der Waals surface area contributed by atoms with E-state index in [-0.39, 0.29) is 5.91 Å². The standard InChI is InChI=1S/C25H30N4O/c1-3-13-27-14-16-28(17-15-27)25(30)23-19-29(18-21-7-5-4-6-8-21)26-24(23)22-11-9-20(2)10-12-22/h4-12,19H,3,13-18H2,1-2H3/p+1. The maximum Gasteiger partial charge on any atom is 0.258 e. The van der Waals surface area contributed by atoms with Gasteiger partial charge in [-0.3, -0.25) is 9.48 Å². The first kappa shape index (κ1) is 20.4. The van der Waals surface area contributed by atoms with Gasteiger partial charge in [0.2, 0.25) is 0 Å². The van der Waals surface area contributed by atoms with Gasteiger partial charge in [0.15, 0.2) is 0 Å². The fourth-order valence-corrected chi connectivity index (χ4v) is 4.15. The Morgan fingerprint density at radius 2 is 1.73 bits per heavy atom. The predicted octanol–water partition coefficient (Wildman–Crippen LogP) is 2.66. The Labute approximate surface area is 178 Å². The monoisotopic (exact) mass is 403 g/mol. The van der Waals surface area contributed by atoms with Crippen LogP contribution in [0, 0.1) is 6.92 Å². The molecule has 5 heteroatoms. The molecule has 3 aromatic rings. The third-order valence-electron chi connectivity index (χ3n) is 5.87. The van der Waals surface area contributed by atoms with E-state index >= 15 is 0 Å². The lowest BCUT2D eigenvalue weighted by atomic mass is 10.1. The van der Waals surface area contributed by atoms with Gasteiger partial charge in [0.25, 0.3) is 5.91 Å². The van der Waals surface area contributed by atoms with E-state index in [0.29, 0.717) is 12.1 Å². The van der Waals surface area contributed by atoms with Gasteiger partial charge in [-0.1, -0.05) is 67.1 Å². The summed E-state index contributed by atoms with van der Waals surface area (Å²) in [6.45, 7) is 9.81. The molecule has 2 heterocycles. The lowest BCUT2D eigenvalue weighted by molar-refractivity contribution is -0.904. The number of rotatable bonds is 6. The van der Waals surface area contributed by atoms with E-state index in [9.17, 15) is 4.79 Å². The molecule has 2 aromatic carbocycles. The van der Waals surface area contributed by atoms with Crippen molar-refractivity contribution < 1.29 is 9.69 Å². The van der Waals surface area contributed by atoms with Crippen LogP contribution in [0.2, 0.25) is 0 Å². The van der Waals surface area contributed by atoms with Crippen LogP contribution in [-0.2, 0) is 6.54 Å². The van der Waals surface area contributed by atoms with E-state index in [1.54, 1.807) is 4.90 Å². The molecular formula is C25H31N4O+. The van der Waals surface area contributed by atoms with Crippen LogP contribution < -0.4 is 4.90 Å². The van der Waals surface area contributed by atoms with Gasteiger partial charge in [-0.25, -0.2) is 0 Å². The van der Waals surface area contributed by atoms with Crippen LogP contribution in [0.25, 0.3) is 11.3 Å². The van der Waals surface area contributed by atoms with Crippen LogP contribution in [0.1, 0.15) is 34.8 Å². The molecule has 0 unspecified atom stereocenters. The Morgan fingerprint density at radius 1 is 1.03 bits per heavy atom. The highest BCUT2D eigenvalue weighted by molar-refractivity contribution is 5.99. The highest BCUT2D eigenvalue weighted by Crippen LogP contribution is 2.24. The zero-order chi connectivity index (χ0) is 20.9. The van der Waals surface area contributed by atoms with E-state index in [0.717, 1.165) is 37.4 Å².